The van der Waals surface area contributed by atoms with Crippen LogP contribution in [-0.2, 0) is 4.79 Å². The van der Waals surface area contributed by atoms with Gasteiger partial charge in [-0.2, -0.15) is 0 Å². The van der Waals surface area contributed by atoms with Gasteiger partial charge in [-0.15, -0.1) is 0 Å². The van der Waals surface area contributed by atoms with Crippen molar-refractivity contribution in [3.05, 3.63) is 137 Å². The molecule has 41 heavy (non-hydrogen) atoms. The third-order valence-corrected chi connectivity index (χ3v) is 6.01. The molecule has 4 rings (SSSR count). The lowest BCUT2D eigenvalue weighted by Gasteiger charge is -2.12. The van der Waals surface area contributed by atoms with E-state index < -0.39 is 11.8 Å². The number of rotatable bonds is 11. The molecule has 2 N–H and O–H groups in total. The third kappa shape index (κ3) is 8.03. The molecule has 0 saturated carbocycles. The van der Waals surface area contributed by atoms with E-state index in [0.29, 0.717) is 34.7 Å². The smallest absolute Gasteiger partial charge is 0.272 e. The van der Waals surface area contributed by atoms with Crippen molar-refractivity contribution in [2.45, 2.75) is 6.92 Å². The molecule has 0 atom stereocenters. The molecule has 4 aromatic carbocycles. The number of ether oxygens (including phenoxy) is 2. The highest BCUT2D eigenvalue weighted by molar-refractivity contribution is 6.11. The van der Waals surface area contributed by atoms with Gasteiger partial charge in [-0.3, -0.25) is 14.4 Å². The average Bonchev–Trinajstić information content (AvgIpc) is 3.01. The van der Waals surface area contributed by atoms with E-state index in [2.05, 4.69) is 10.6 Å². The van der Waals surface area contributed by atoms with Crippen LogP contribution in [-0.4, -0.2) is 31.3 Å². The van der Waals surface area contributed by atoms with Crippen molar-refractivity contribution >= 4 is 35.4 Å². The quantitative estimate of drug-likeness (QED) is 0.168. The molecule has 0 unspecified atom stereocenters. The Bertz CT molecular complexity index is 1560. The molecule has 0 saturated heterocycles. The number of nitrogens with one attached hydrogen (secondary N) is 2. The van der Waals surface area contributed by atoms with Crippen molar-refractivity contribution in [3.63, 3.8) is 0 Å². The number of ketones is 1. The van der Waals surface area contributed by atoms with E-state index in [0.717, 1.165) is 11.3 Å². The monoisotopic (exact) mass is 546 g/mol. The summed E-state index contributed by atoms with van der Waals surface area (Å²) in [5, 5.41) is 5.50. The summed E-state index contributed by atoms with van der Waals surface area (Å²) in [5.41, 5.74) is 2.86. The Morgan fingerprint density at radius 3 is 2.15 bits per heavy atom. The fraction of sp³-hybridized carbons (Fsp3) is 0.0882. The van der Waals surface area contributed by atoms with Crippen LogP contribution in [0.5, 0.6) is 11.5 Å². The molecule has 0 spiro atoms. The number of benzene rings is 4. The summed E-state index contributed by atoms with van der Waals surface area (Å²) in [5.74, 6) is 0.183. The molecule has 2 amide bonds. The van der Waals surface area contributed by atoms with Crippen LogP contribution >= 0.6 is 0 Å². The second-order valence-electron chi connectivity index (χ2n) is 8.85. The van der Waals surface area contributed by atoms with Gasteiger partial charge in [-0.25, -0.2) is 0 Å². The van der Waals surface area contributed by atoms with Gasteiger partial charge in [0, 0.05) is 22.4 Å². The lowest BCUT2D eigenvalue weighted by atomic mass is 10.1. The van der Waals surface area contributed by atoms with Gasteiger partial charge in [-0.05, 0) is 79.2 Å². The molecule has 0 aliphatic rings. The molecular weight excluding hydrogens is 516 g/mol. The van der Waals surface area contributed by atoms with E-state index in [1.54, 1.807) is 78.9 Å². The van der Waals surface area contributed by atoms with Gasteiger partial charge in [-0.1, -0.05) is 54.6 Å². The van der Waals surface area contributed by atoms with E-state index in [9.17, 15) is 14.4 Å². The third-order valence-electron chi connectivity index (χ3n) is 6.01. The number of methoxy groups -OCH3 is 1. The first-order valence-electron chi connectivity index (χ1n) is 13.0. The first-order valence-corrected chi connectivity index (χ1v) is 13.0. The van der Waals surface area contributed by atoms with Crippen molar-refractivity contribution in [3.8, 4) is 11.5 Å². The molecular formula is C34H30N2O5. The topological polar surface area (TPSA) is 93.7 Å². The highest BCUT2D eigenvalue weighted by atomic mass is 16.5. The van der Waals surface area contributed by atoms with E-state index in [4.69, 9.17) is 9.47 Å². The molecule has 4 aromatic rings. The zero-order valence-corrected chi connectivity index (χ0v) is 22.8. The Morgan fingerprint density at radius 1 is 0.780 bits per heavy atom. The van der Waals surface area contributed by atoms with Crippen LogP contribution < -0.4 is 20.1 Å². The maximum Gasteiger partial charge on any atom is 0.272 e. The molecule has 0 radical (unpaired) electrons. The van der Waals surface area contributed by atoms with Gasteiger partial charge >= 0.3 is 0 Å². The summed E-state index contributed by atoms with van der Waals surface area (Å²) in [4.78, 5) is 38.9. The molecule has 0 aliphatic heterocycles. The zero-order chi connectivity index (χ0) is 29.0. The summed E-state index contributed by atoms with van der Waals surface area (Å²) < 4.78 is 10.8. The van der Waals surface area contributed by atoms with Crippen LogP contribution in [0.4, 0.5) is 5.69 Å². The fourth-order valence-electron chi connectivity index (χ4n) is 3.91. The predicted octanol–water partition coefficient (Wildman–Crippen LogP) is 6.40. The Labute approximate surface area is 239 Å². The van der Waals surface area contributed by atoms with E-state index in [-0.39, 0.29) is 11.5 Å². The van der Waals surface area contributed by atoms with Crippen LogP contribution in [0.25, 0.3) is 12.2 Å². The Balaban J connectivity index is 1.48. The summed E-state index contributed by atoms with van der Waals surface area (Å²) in [6.07, 6.45) is 4.78. The van der Waals surface area contributed by atoms with Crippen LogP contribution in [0.15, 0.2) is 115 Å². The number of para-hydroxylation sites is 1. The fourth-order valence-corrected chi connectivity index (χ4v) is 3.91. The number of allylic oxidation sites excluding steroid dienone is 1. The molecule has 7 heteroatoms. The van der Waals surface area contributed by atoms with Crippen LogP contribution in [0.2, 0.25) is 0 Å². The van der Waals surface area contributed by atoms with Crippen LogP contribution in [0.1, 0.15) is 38.8 Å². The largest absolute Gasteiger partial charge is 0.496 e. The standard InChI is InChI=1S/C34H30N2O5/c1-3-41-29-20-13-24(14-21-29)15-22-31(37)25-16-18-28(19-17-25)35-34(39)30(23-27-11-7-8-12-32(27)40-2)36-33(38)26-9-5-4-6-10-26/h4-23H,3H2,1-2H3,(H,35,39)(H,36,38)/b22-15+,30-23-. The minimum Gasteiger partial charge on any atom is -0.496 e. The maximum absolute atomic E-state index is 13.3. The first kappa shape index (κ1) is 28.6. The van der Waals surface area contributed by atoms with Crippen molar-refractivity contribution in [2.24, 2.45) is 0 Å². The summed E-state index contributed by atoms with van der Waals surface area (Å²) in [6, 6.07) is 29.8. The zero-order valence-electron chi connectivity index (χ0n) is 22.8. The number of hydrogen-bond donors (Lipinski definition) is 2. The average molecular weight is 547 g/mol. The van der Waals surface area contributed by atoms with Crippen LogP contribution in [0.3, 0.4) is 0 Å². The first-order chi connectivity index (χ1) is 20.0. The summed E-state index contributed by atoms with van der Waals surface area (Å²) in [7, 11) is 1.53. The lowest BCUT2D eigenvalue weighted by molar-refractivity contribution is -0.113. The summed E-state index contributed by atoms with van der Waals surface area (Å²) in [6.45, 7) is 2.51. The number of hydrogen-bond acceptors (Lipinski definition) is 5. The molecule has 0 bridgehead atoms. The van der Waals surface area contributed by atoms with Gasteiger partial charge in [0.15, 0.2) is 5.78 Å². The molecule has 0 aliphatic carbocycles. The molecule has 0 aromatic heterocycles. The second-order valence-corrected chi connectivity index (χ2v) is 8.85. The lowest BCUT2D eigenvalue weighted by Crippen LogP contribution is -2.30. The number of anilines is 1. The van der Waals surface area contributed by atoms with E-state index >= 15 is 0 Å². The van der Waals surface area contributed by atoms with E-state index in [1.165, 1.54) is 13.2 Å². The number of carbonyl (C=O) groups excluding carboxylic acids is 3. The van der Waals surface area contributed by atoms with Crippen molar-refractivity contribution in [2.75, 3.05) is 19.0 Å². The Hall–Kier alpha value is -5.43. The SMILES string of the molecule is CCOc1ccc(/C=C/C(=O)c2ccc(NC(=O)/C(=C/c3ccccc3OC)NC(=O)c3ccccc3)cc2)cc1. The molecule has 0 heterocycles. The van der Waals surface area contributed by atoms with E-state index in [1.807, 2.05) is 43.3 Å². The van der Waals surface area contributed by atoms with Gasteiger partial charge in [0.2, 0.25) is 0 Å². The van der Waals surface area contributed by atoms with Crippen LogP contribution in [0, 0.1) is 0 Å². The molecule has 206 valence electrons. The molecule has 0 fully saturated rings. The highest BCUT2D eigenvalue weighted by Crippen LogP contribution is 2.21. The Kier molecular flexibility index (Phi) is 9.82. The van der Waals surface area contributed by atoms with Gasteiger partial charge in [0.25, 0.3) is 11.8 Å². The number of carbonyl (C=O) groups is 3. The van der Waals surface area contributed by atoms with Gasteiger partial charge in [0.05, 0.1) is 13.7 Å². The second kappa shape index (κ2) is 14.1. The molecule has 7 nitrogen and oxygen atoms in total. The normalized spacial score (nSPS) is 11.1. The van der Waals surface area contributed by atoms with Gasteiger partial charge in [0.1, 0.15) is 17.2 Å². The van der Waals surface area contributed by atoms with Crippen molar-refractivity contribution in [1.29, 1.82) is 0 Å². The minimum atomic E-state index is -0.533. The number of amides is 2. The van der Waals surface area contributed by atoms with Crippen molar-refractivity contribution < 1.29 is 23.9 Å². The minimum absolute atomic E-state index is 0.0294. The van der Waals surface area contributed by atoms with Gasteiger partial charge < -0.3 is 20.1 Å². The summed E-state index contributed by atoms with van der Waals surface area (Å²) >= 11 is 0. The Morgan fingerprint density at radius 2 is 1.46 bits per heavy atom. The van der Waals surface area contributed by atoms with Crippen molar-refractivity contribution in [1.82, 2.24) is 5.32 Å². The highest BCUT2D eigenvalue weighted by Gasteiger charge is 2.16. The predicted molar refractivity (Wildman–Crippen MR) is 161 cm³/mol. The maximum atomic E-state index is 13.3.